The summed E-state index contributed by atoms with van der Waals surface area (Å²) in [5, 5.41) is 6.02. The van der Waals surface area contributed by atoms with Crippen LogP contribution in [0.3, 0.4) is 0 Å². The number of carbonyl (C=O) groups is 2. The molecule has 1 unspecified atom stereocenters. The molecule has 3 N–H and O–H groups in total. The van der Waals surface area contributed by atoms with Gasteiger partial charge in [-0.2, -0.15) is 4.72 Å². The standard InChI is InChI=1S/C22H28ClN3O5S/c1-16-10-12-18(13-11-16)32(29,30)26-20(21(27)31-2)9-5-6-14-24-22(28)25-15-17-7-3-4-8-19(17)23/h3-4,7-8,10-13,20,26H,5-6,9,14-15H2,1-2H3,(H2,24,25,28). The summed E-state index contributed by atoms with van der Waals surface area (Å²) in [5.74, 6) is -0.661. The number of halogens is 1. The fraction of sp³-hybridized carbons (Fsp3) is 0.364. The van der Waals surface area contributed by atoms with E-state index in [1.54, 1.807) is 18.2 Å². The molecule has 32 heavy (non-hydrogen) atoms. The fourth-order valence-electron chi connectivity index (χ4n) is 2.90. The largest absolute Gasteiger partial charge is 0.468 e. The number of methoxy groups -OCH3 is 1. The molecule has 10 heteroatoms. The van der Waals surface area contributed by atoms with Gasteiger partial charge in [0.15, 0.2) is 0 Å². The third-order valence-corrected chi connectivity index (χ3v) is 6.57. The van der Waals surface area contributed by atoms with Crippen LogP contribution in [0.15, 0.2) is 53.4 Å². The van der Waals surface area contributed by atoms with Crippen LogP contribution < -0.4 is 15.4 Å². The van der Waals surface area contributed by atoms with Crippen LogP contribution in [0.5, 0.6) is 0 Å². The summed E-state index contributed by atoms with van der Waals surface area (Å²) in [7, 11) is -2.66. The molecule has 2 rings (SSSR count). The molecule has 1 atom stereocenters. The number of ether oxygens (including phenoxy) is 1. The molecule has 0 aliphatic carbocycles. The first-order valence-electron chi connectivity index (χ1n) is 10.1. The van der Waals surface area contributed by atoms with Gasteiger partial charge in [0.1, 0.15) is 6.04 Å². The predicted octanol–water partition coefficient (Wildman–Crippen LogP) is 3.14. The summed E-state index contributed by atoms with van der Waals surface area (Å²) in [6.07, 6.45) is 1.29. The maximum Gasteiger partial charge on any atom is 0.323 e. The van der Waals surface area contributed by atoms with E-state index in [2.05, 4.69) is 15.4 Å². The molecule has 0 aliphatic rings. The molecule has 0 saturated carbocycles. The Hall–Kier alpha value is -2.62. The van der Waals surface area contributed by atoms with Crippen molar-refractivity contribution in [3.63, 3.8) is 0 Å². The van der Waals surface area contributed by atoms with Gasteiger partial charge in [-0.3, -0.25) is 4.79 Å². The van der Waals surface area contributed by atoms with Crippen molar-refractivity contribution in [2.45, 2.75) is 43.7 Å². The number of unbranched alkanes of at least 4 members (excludes halogenated alkanes) is 1. The van der Waals surface area contributed by atoms with Gasteiger partial charge in [0.05, 0.1) is 12.0 Å². The maximum atomic E-state index is 12.6. The highest BCUT2D eigenvalue weighted by atomic mass is 35.5. The van der Waals surface area contributed by atoms with Crippen molar-refractivity contribution in [1.82, 2.24) is 15.4 Å². The number of hydrogen-bond acceptors (Lipinski definition) is 5. The first-order chi connectivity index (χ1) is 15.2. The fourth-order valence-corrected chi connectivity index (χ4v) is 4.32. The average molecular weight is 482 g/mol. The van der Waals surface area contributed by atoms with Crippen LogP contribution in [-0.4, -0.2) is 40.1 Å². The lowest BCUT2D eigenvalue weighted by Crippen LogP contribution is -2.41. The lowest BCUT2D eigenvalue weighted by atomic mass is 10.1. The molecule has 8 nitrogen and oxygen atoms in total. The number of esters is 1. The van der Waals surface area contributed by atoms with Crippen molar-refractivity contribution in [2.24, 2.45) is 0 Å². The maximum absolute atomic E-state index is 12.6. The number of benzene rings is 2. The molecule has 2 amide bonds. The smallest absolute Gasteiger partial charge is 0.323 e. The minimum atomic E-state index is -3.87. The minimum absolute atomic E-state index is 0.0776. The minimum Gasteiger partial charge on any atom is -0.468 e. The topological polar surface area (TPSA) is 114 Å². The van der Waals surface area contributed by atoms with Crippen molar-refractivity contribution in [1.29, 1.82) is 0 Å². The molecule has 0 aliphatic heterocycles. The zero-order chi connectivity index (χ0) is 23.6. The van der Waals surface area contributed by atoms with Crippen LogP contribution >= 0.6 is 11.6 Å². The van der Waals surface area contributed by atoms with E-state index in [0.29, 0.717) is 31.0 Å². The van der Waals surface area contributed by atoms with E-state index in [9.17, 15) is 18.0 Å². The second kappa shape index (κ2) is 12.4. The summed E-state index contributed by atoms with van der Waals surface area (Å²) in [6.45, 7) is 2.52. The van der Waals surface area contributed by atoms with Crippen molar-refractivity contribution in [3.05, 3.63) is 64.7 Å². The van der Waals surface area contributed by atoms with Gasteiger partial charge >= 0.3 is 12.0 Å². The molecule has 0 saturated heterocycles. The zero-order valence-electron chi connectivity index (χ0n) is 18.1. The van der Waals surface area contributed by atoms with Crippen molar-refractivity contribution >= 4 is 33.6 Å². The Balaban J connectivity index is 1.77. The molecule has 0 aromatic heterocycles. The molecule has 0 radical (unpaired) electrons. The first kappa shape index (κ1) is 25.6. The quantitative estimate of drug-likeness (QED) is 0.337. The molecule has 0 heterocycles. The molecular formula is C22H28ClN3O5S. The summed E-state index contributed by atoms with van der Waals surface area (Å²) in [6, 6.07) is 12.2. The van der Waals surface area contributed by atoms with Crippen LogP contribution in [0, 0.1) is 6.92 Å². The Bertz CT molecular complexity index is 1010. The van der Waals surface area contributed by atoms with Gasteiger partial charge in [0.2, 0.25) is 10.0 Å². The Morgan fingerprint density at radius 3 is 2.38 bits per heavy atom. The first-order valence-corrected chi connectivity index (χ1v) is 12.0. The third-order valence-electron chi connectivity index (χ3n) is 4.72. The van der Waals surface area contributed by atoms with Crippen molar-refractivity contribution in [2.75, 3.05) is 13.7 Å². The van der Waals surface area contributed by atoms with Crippen molar-refractivity contribution in [3.8, 4) is 0 Å². The number of carbonyl (C=O) groups excluding carboxylic acids is 2. The SMILES string of the molecule is COC(=O)C(CCCCNC(=O)NCc1ccccc1Cl)NS(=O)(=O)c1ccc(C)cc1. The highest BCUT2D eigenvalue weighted by molar-refractivity contribution is 7.89. The second-order valence-corrected chi connectivity index (χ2v) is 9.33. The number of hydrogen-bond donors (Lipinski definition) is 3. The van der Waals surface area contributed by atoms with E-state index in [0.717, 1.165) is 11.1 Å². The van der Waals surface area contributed by atoms with E-state index in [-0.39, 0.29) is 17.3 Å². The predicted molar refractivity (Wildman–Crippen MR) is 123 cm³/mol. The van der Waals surface area contributed by atoms with E-state index in [1.807, 2.05) is 25.1 Å². The van der Waals surface area contributed by atoms with Gasteiger partial charge < -0.3 is 15.4 Å². The van der Waals surface area contributed by atoms with E-state index in [1.165, 1.54) is 19.2 Å². The average Bonchev–Trinajstić information content (AvgIpc) is 2.77. The van der Waals surface area contributed by atoms with Crippen LogP contribution in [-0.2, 0) is 26.1 Å². The second-order valence-electron chi connectivity index (χ2n) is 7.21. The molecule has 0 bridgehead atoms. The van der Waals surface area contributed by atoms with Gasteiger partial charge in [-0.05, 0) is 49.9 Å². The van der Waals surface area contributed by atoms with Gasteiger partial charge in [-0.1, -0.05) is 47.5 Å². The van der Waals surface area contributed by atoms with E-state index < -0.39 is 22.0 Å². The Kier molecular flexibility index (Phi) is 9.96. The Morgan fingerprint density at radius 2 is 1.72 bits per heavy atom. The van der Waals surface area contributed by atoms with Crippen LogP contribution in [0.1, 0.15) is 30.4 Å². The van der Waals surface area contributed by atoms with E-state index >= 15 is 0 Å². The van der Waals surface area contributed by atoms with E-state index in [4.69, 9.17) is 16.3 Å². The highest BCUT2D eigenvalue weighted by Gasteiger charge is 2.26. The zero-order valence-corrected chi connectivity index (χ0v) is 19.6. The number of urea groups is 1. The van der Waals surface area contributed by atoms with Gasteiger partial charge in [0.25, 0.3) is 0 Å². The number of amides is 2. The molecule has 0 spiro atoms. The third kappa shape index (κ3) is 8.14. The number of sulfonamides is 1. The number of rotatable bonds is 11. The van der Waals surface area contributed by atoms with Crippen LogP contribution in [0.2, 0.25) is 5.02 Å². The monoisotopic (exact) mass is 481 g/mol. The number of aryl methyl sites for hydroxylation is 1. The van der Waals surface area contributed by atoms with Crippen LogP contribution in [0.4, 0.5) is 4.79 Å². The van der Waals surface area contributed by atoms with Crippen LogP contribution in [0.25, 0.3) is 0 Å². The molecule has 174 valence electrons. The molecule has 2 aromatic carbocycles. The van der Waals surface area contributed by atoms with Gasteiger partial charge in [0, 0.05) is 18.1 Å². The summed E-state index contributed by atoms with van der Waals surface area (Å²) < 4.78 is 32.3. The Labute approximate surface area is 193 Å². The molecule has 2 aromatic rings. The van der Waals surface area contributed by atoms with Crippen molar-refractivity contribution < 1.29 is 22.7 Å². The summed E-state index contributed by atoms with van der Waals surface area (Å²) in [4.78, 5) is 24.0. The molecule has 0 fully saturated rings. The molecular weight excluding hydrogens is 454 g/mol. The summed E-state index contributed by atoms with van der Waals surface area (Å²) >= 11 is 6.05. The summed E-state index contributed by atoms with van der Waals surface area (Å²) in [5.41, 5.74) is 1.74. The highest BCUT2D eigenvalue weighted by Crippen LogP contribution is 2.14. The Morgan fingerprint density at radius 1 is 1.03 bits per heavy atom. The van der Waals surface area contributed by atoms with Gasteiger partial charge in [-0.25, -0.2) is 13.2 Å². The number of nitrogens with one attached hydrogen (secondary N) is 3. The lowest BCUT2D eigenvalue weighted by Gasteiger charge is -2.17. The van der Waals surface area contributed by atoms with Gasteiger partial charge in [-0.15, -0.1) is 0 Å². The normalized spacial score (nSPS) is 12.1. The lowest BCUT2D eigenvalue weighted by molar-refractivity contribution is -0.142.